The summed E-state index contributed by atoms with van der Waals surface area (Å²) in [6, 6.07) is 9.53. The van der Waals surface area contributed by atoms with Crippen LogP contribution in [0.3, 0.4) is 0 Å². The number of non-ortho nitro benzene ring substituents is 1. The first-order valence-corrected chi connectivity index (χ1v) is 11.6. The molecule has 0 unspecified atom stereocenters. The second-order valence-electron chi connectivity index (χ2n) is 7.61. The first-order valence-electron chi connectivity index (χ1n) is 10.4. The Bertz CT molecular complexity index is 1110. The SMILES string of the molecule is Cc1ccc(Cl)c2sc(N(CCCN3CCOCC3)C(=O)c3cccc([N+](=O)[O-])c3)nc12. The van der Waals surface area contributed by atoms with Gasteiger partial charge in [0.15, 0.2) is 5.13 Å². The maximum Gasteiger partial charge on any atom is 0.270 e. The molecular formula is C22H23ClN4O4S. The standard InChI is InChI=1S/C22H23ClN4O4S/c1-15-6-7-18(23)20-19(15)24-22(32-20)26(9-3-8-25-10-12-31-13-11-25)21(28)16-4-2-5-17(14-16)27(29)30/h2,4-7,14H,3,8-13H2,1H3. The number of rotatable bonds is 7. The summed E-state index contributed by atoms with van der Waals surface area (Å²) < 4.78 is 6.22. The molecule has 0 saturated carbocycles. The summed E-state index contributed by atoms with van der Waals surface area (Å²) >= 11 is 7.74. The molecule has 0 radical (unpaired) electrons. The number of nitro groups is 1. The van der Waals surface area contributed by atoms with Crippen LogP contribution in [0.1, 0.15) is 22.3 Å². The molecule has 0 aliphatic carbocycles. The molecule has 1 amide bonds. The Morgan fingerprint density at radius 1 is 1.31 bits per heavy atom. The van der Waals surface area contributed by atoms with E-state index in [2.05, 4.69) is 4.90 Å². The van der Waals surface area contributed by atoms with Gasteiger partial charge in [-0.2, -0.15) is 0 Å². The van der Waals surface area contributed by atoms with Crippen molar-refractivity contribution < 1.29 is 14.5 Å². The Balaban J connectivity index is 1.64. The Hall–Kier alpha value is -2.59. The number of fused-ring (bicyclic) bond motifs is 1. The summed E-state index contributed by atoms with van der Waals surface area (Å²) in [6.45, 7) is 6.39. The third-order valence-corrected chi connectivity index (χ3v) is 6.96. The number of amides is 1. The minimum atomic E-state index is -0.500. The number of carbonyl (C=O) groups is 1. The molecule has 0 N–H and O–H groups in total. The van der Waals surface area contributed by atoms with Crippen LogP contribution in [-0.4, -0.2) is 60.1 Å². The maximum atomic E-state index is 13.5. The first kappa shape index (κ1) is 22.6. The van der Waals surface area contributed by atoms with Gasteiger partial charge in [0.2, 0.25) is 0 Å². The second kappa shape index (κ2) is 9.91. The van der Waals surface area contributed by atoms with Crippen LogP contribution in [0, 0.1) is 17.0 Å². The number of hydrogen-bond acceptors (Lipinski definition) is 7. The summed E-state index contributed by atoms with van der Waals surface area (Å²) in [4.78, 5) is 32.8. The minimum Gasteiger partial charge on any atom is -0.379 e. The van der Waals surface area contributed by atoms with Gasteiger partial charge in [-0.15, -0.1) is 0 Å². The van der Waals surface area contributed by atoms with Crippen LogP contribution in [0.25, 0.3) is 10.2 Å². The number of thiazole rings is 1. The molecule has 3 aromatic rings. The predicted octanol–water partition coefficient (Wildman–Crippen LogP) is 4.54. The van der Waals surface area contributed by atoms with Crippen LogP contribution < -0.4 is 4.90 Å². The van der Waals surface area contributed by atoms with Crippen molar-refractivity contribution in [3.63, 3.8) is 0 Å². The molecule has 2 aromatic carbocycles. The normalized spacial score (nSPS) is 14.6. The van der Waals surface area contributed by atoms with Gasteiger partial charge >= 0.3 is 0 Å². The fraction of sp³-hybridized carbons (Fsp3) is 0.364. The molecule has 1 aromatic heterocycles. The zero-order chi connectivity index (χ0) is 22.7. The summed E-state index contributed by atoms with van der Waals surface area (Å²) in [6.07, 6.45) is 0.739. The van der Waals surface area contributed by atoms with E-state index in [1.165, 1.54) is 29.5 Å². The lowest BCUT2D eigenvalue weighted by Crippen LogP contribution is -2.39. The fourth-order valence-corrected chi connectivity index (χ4v) is 5.02. The highest BCUT2D eigenvalue weighted by Gasteiger charge is 2.24. The average Bonchev–Trinajstić information content (AvgIpc) is 3.26. The molecule has 2 heterocycles. The van der Waals surface area contributed by atoms with E-state index in [1.54, 1.807) is 11.0 Å². The van der Waals surface area contributed by atoms with Crippen molar-refractivity contribution in [1.82, 2.24) is 9.88 Å². The molecular weight excluding hydrogens is 452 g/mol. The Labute approximate surface area is 194 Å². The van der Waals surface area contributed by atoms with Crippen LogP contribution in [0.4, 0.5) is 10.8 Å². The van der Waals surface area contributed by atoms with Crippen molar-refractivity contribution >= 4 is 49.9 Å². The molecule has 0 atom stereocenters. The Morgan fingerprint density at radius 2 is 2.09 bits per heavy atom. The molecule has 32 heavy (non-hydrogen) atoms. The van der Waals surface area contributed by atoms with Crippen LogP contribution in [-0.2, 0) is 4.74 Å². The van der Waals surface area contributed by atoms with Gasteiger partial charge in [-0.1, -0.05) is 35.1 Å². The number of hydrogen-bond donors (Lipinski definition) is 0. The van der Waals surface area contributed by atoms with Gasteiger partial charge in [-0.05, 0) is 31.0 Å². The third-order valence-electron chi connectivity index (χ3n) is 5.43. The van der Waals surface area contributed by atoms with Crippen LogP contribution >= 0.6 is 22.9 Å². The van der Waals surface area contributed by atoms with Gasteiger partial charge in [0, 0.05) is 43.9 Å². The zero-order valence-electron chi connectivity index (χ0n) is 17.6. The number of benzene rings is 2. The van der Waals surface area contributed by atoms with Crippen molar-refractivity contribution in [3.8, 4) is 0 Å². The van der Waals surface area contributed by atoms with Crippen LogP contribution in [0.2, 0.25) is 5.02 Å². The van der Waals surface area contributed by atoms with Crippen molar-refractivity contribution in [2.45, 2.75) is 13.3 Å². The number of carbonyl (C=O) groups excluding carboxylic acids is 1. The number of halogens is 1. The van der Waals surface area contributed by atoms with E-state index in [1.807, 2.05) is 19.1 Å². The van der Waals surface area contributed by atoms with Gasteiger partial charge in [0.05, 0.1) is 33.4 Å². The number of ether oxygens (including phenoxy) is 1. The smallest absolute Gasteiger partial charge is 0.270 e. The molecule has 4 rings (SSSR count). The topological polar surface area (TPSA) is 88.8 Å². The molecule has 8 nitrogen and oxygen atoms in total. The number of nitrogens with zero attached hydrogens (tertiary/aromatic N) is 4. The molecule has 1 saturated heterocycles. The molecule has 1 fully saturated rings. The van der Waals surface area contributed by atoms with E-state index in [9.17, 15) is 14.9 Å². The second-order valence-corrected chi connectivity index (χ2v) is 8.99. The highest BCUT2D eigenvalue weighted by Crippen LogP contribution is 2.36. The maximum absolute atomic E-state index is 13.5. The van der Waals surface area contributed by atoms with Gasteiger partial charge in [-0.25, -0.2) is 4.98 Å². The summed E-state index contributed by atoms with van der Waals surface area (Å²) in [5.41, 5.74) is 1.88. The average molecular weight is 475 g/mol. The lowest BCUT2D eigenvalue weighted by molar-refractivity contribution is -0.384. The van der Waals surface area contributed by atoms with Crippen molar-refractivity contribution in [1.29, 1.82) is 0 Å². The molecule has 1 aliphatic rings. The van der Waals surface area contributed by atoms with E-state index < -0.39 is 4.92 Å². The van der Waals surface area contributed by atoms with Crippen molar-refractivity contribution in [2.75, 3.05) is 44.3 Å². The number of aryl methyl sites for hydroxylation is 1. The molecule has 168 valence electrons. The van der Waals surface area contributed by atoms with E-state index in [0.717, 1.165) is 41.8 Å². The zero-order valence-corrected chi connectivity index (χ0v) is 19.2. The Kier molecular flexibility index (Phi) is 7.00. The quantitative estimate of drug-likeness (QED) is 0.369. The minimum absolute atomic E-state index is 0.118. The summed E-state index contributed by atoms with van der Waals surface area (Å²) in [7, 11) is 0. The highest BCUT2D eigenvalue weighted by molar-refractivity contribution is 7.23. The number of morpholine rings is 1. The molecule has 10 heteroatoms. The lowest BCUT2D eigenvalue weighted by Gasteiger charge is -2.27. The van der Waals surface area contributed by atoms with Gasteiger partial charge in [0.25, 0.3) is 11.6 Å². The van der Waals surface area contributed by atoms with E-state index in [0.29, 0.717) is 29.9 Å². The fourth-order valence-electron chi connectivity index (χ4n) is 3.68. The van der Waals surface area contributed by atoms with Gasteiger partial charge < -0.3 is 4.74 Å². The molecule has 0 bridgehead atoms. The number of anilines is 1. The molecule has 0 spiro atoms. The van der Waals surface area contributed by atoms with Crippen LogP contribution in [0.5, 0.6) is 0 Å². The van der Waals surface area contributed by atoms with E-state index in [4.69, 9.17) is 21.3 Å². The number of nitro benzene ring substituents is 1. The van der Waals surface area contributed by atoms with Gasteiger partial charge in [-0.3, -0.25) is 24.7 Å². The van der Waals surface area contributed by atoms with E-state index >= 15 is 0 Å². The molecule has 1 aliphatic heterocycles. The predicted molar refractivity (Wildman–Crippen MR) is 126 cm³/mol. The van der Waals surface area contributed by atoms with Crippen molar-refractivity contribution in [3.05, 3.63) is 62.7 Å². The first-order chi connectivity index (χ1) is 15.4. The summed E-state index contributed by atoms with van der Waals surface area (Å²) in [5.74, 6) is -0.316. The summed E-state index contributed by atoms with van der Waals surface area (Å²) in [5, 5.41) is 12.3. The van der Waals surface area contributed by atoms with E-state index in [-0.39, 0.29) is 17.2 Å². The third kappa shape index (κ3) is 4.91. The van der Waals surface area contributed by atoms with Crippen LogP contribution in [0.15, 0.2) is 36.4 Å². The largest absolute Gasteiger partial charge is 0.379 e. The number of aromatic nitrogens is 1. The highest BCUT2D eigenvalue weighted by atomic mass is 35.5. The Morgan fingerprint density at radius 3 is 2.81 bits per heavy atom. The monoisotopic (exact) mass is 474 g/mol. The van der Waals surface area contributed by atoms with Crippen molar-refractivity contribution in [2.24, 2.45) is 0 Å². The van der Waals surface area contributed by atoms with Gasteiger partial charge in [0.1, 0.15) is 0 Å². The lowest BCUT2D eigenvalue weighted by atomic mass is 10.1.